The van der Waals surface area contributed by atoms with Gasteiger partial charge in [0.05, 0.1) is 11.9 Å². The van der Waals surface area contributed by atoms with Crippen LogP contribution in [0.25, 0.3) is 16.6 Å². The van der Waals surface area contributed by atoms with Gasteiger partial charge >= 0.3 is 0 Å². The molecule has 1 amide bonds. The molecule has 2 aliphatic rings. The van der Waals surface area contributed by atoms with Gasteiger partial charge in [-0.15, -0.1) is 10.2 Å². The number of carbonyl (C=O) groups excluding carboxylic acids is 1. The van der Waals surface area contributed by atoms with Gasteiger partial charge in [-0.3, -0.25) is 4.79 Å². The van der Waals surface area contributed by atoms with Crippen LogP contribution in [0.4, 0.5) is 5.95 Å². The number of fused-ring (bicyclic) bond motifs is 3. The van der Waals surface area contributed by atoms with Gasteiger partial charge in [-0.05, 0) is 37.5 Å². The van der Waals surface area contributed by atoms with Crippen molar-refractivity contribution in [1.29, 1.82) is 0 Å². The van der Waals surface area contributed by atoms with E-state index < -0.39 is 0 Å². The van der Waals surface area contributed by atoms with Crippen molar-refractivity contribution in [3.8, 4) is 0 Å². The number of hydrogen-bond donors (Lipinski definition) is 0. The summed E-state index contributed by atoms with van der Waals surface area (Å²) in [5, 5.41) is 10.4. The van der Waals surface area contributed by atoms with Crippen molar-refractivity contribution in [3.05, 3.63) is 66.0 Å². The van der Waals surface area contributed by atoms with E-state index in [2.05, 4.69) is 33.5 Å². The second-order valence-electron chi connectivity index (χ2n) is 10.0. The number of hydrogen-bond acceptors (Lipinski definition) is 5. The summed E-state index contributed by atoms with van der Waals surface area (Å²) < 4.78 is 2.21. The normalized spacial score (nSPS) is 19.5. The standard InChI is InChI=1S/C28H32N6O/c1-20-19-32(16-17-33(20)25(35)18-21-10-4-2-5-11-21)28-29-24-15-9-8-14-23(24)27-31-30-26(34(27)28)22-12-6-3-7-13-22/h2,4-5,8-11,14-15,20,22H,3,6-7,12-13,16-19H2,1H3. The molecule has 0 radical (unpaired) electrons. The van der Waals surface area contributed by atoms with Gasteiger partial charge in [0, 0.05) is 37.0 Å². The molecule has 1 aliphatic heterocycles. The van der Waals surface area contributed by atoms with Crippen molar-refractivity contribution < 1.29 is 4.79 Å². The molecular formula is C28H32N6O. The lowest BCUT2D eigenvalue weighted by molar-refractivity contribution is -0.132. The molecule has 3 heterocycles. The van der Waals surface area contributed by atoms with Gasteiger partial charge in [-0.2, -0.15) is 0 Å². The molecule has 1 aliphatic carbocycles. The second kappa shape index (κ2) is 9.29. The lowest BCUT2D eigenvalue weighted by Gasteiger charge is -2.40. The van der Waals surface area contributed by atoms with E-state index in [1.165, 1.54) is 19.3 Å². The lowest BCUT2D eigenvalue weighted by Crippen LogP contribution is -2.55. The predicted octanol–water partition coefficient (Wildman–Crippen LogP) is 4.61. The maximum absolute atomic E-state index is 13.1. The third-order valence-corrected chi connectivity index (χ3v) is 7.65. The summed E-state index contributed by atoms with van der Waals surface area (Å²) in [6, 6.07) is 18.3. The van der Waals surface area contributed by atoms with Crippen LogP contribution in [0.15, 0.2) is 54.6 Å². The smallest absolute Gasteiger partial charge is 0.227 e. The topological polar surface area (TPSA) is 66.6 Å². The number of nitrogens with zero attached hydrogens (tertiary/aromatic N) is 6. The van der Waals surface area contributed by atoms with Crippen LogP contribution in [0.3, 0.4) is 0 Å². The van der Waals surface area contributed by atoms with Crippen molar-refractivity contribution in [3.63, 3.8) is 0 Å². The number of anilines is 1. The molecule has 0 spiro atoms. The number of piperazine rings is 1. The number of rotatable bonds is 4. The SMILES string of the molecule is CC1CN(c2nc3ccccc3c3nnc(C4CCCCC4)n23)CCN1C(=O)Cc1ccccc1. The maximum atomic E-state index is 13.1. The molecule has 7 nitrogen and oxygen atoms in total. The summed E-state index contributed by atoms with van der Waals surface area (Å²) in [5.41, 5.74) is 2.89. The Bertz CT molecular complexity index is 1340. The average molecular weight is 469 g/mol. The first-order valence-electron chi connectivity index (χ1n) is 12.9. The highest BCUT2D eigenvalue weighted by Crippen LogP contribution is 2.35. The van der Waals surface area contributed by atoms with Gasteiger partial charge in [0.2, 0.25) is 11.9 Å². The van der Waals surface area contributed by atoms with E-state index in [0.29, 0.717) is 18.9 Å². The number of aromatic nitrogens is 4. The number of amides is 1. The highest BCUT2D eigenvalue weighted by Gasteiger charge is 2.31. The molecule has 180 valence electrons. The Balaban J connectivity index is 1.33. The van der Waals surface area contributed by atoms with Crippen molar-refractivity contribution >= 4 is 28.4 Å². The Morgan fingerprint density at radius 1 is 0.943 bits per heavy atom. The van der Waals surface area contributed by atoms with Crippen molar-refractivity contribution in [2.45, 2.75) is 57.4 Å². The van der Waals surface area contributed by atoms with Gasteiger partial charge in [-0.25, -0.2) is 9.38 Å². The Morgan fingerprint density at radius 2 is 1.71 bits per heavy atom. The summed E-state index contributed by atoms with van der Waals surface area (Å²) in [6.45, 7) is 4.31. The first-order valence-corrected chi connectivity index (χ1v) is 12.9. The zero-order valence-electron chi connectivity index (χ0n) is 20.3. The van der Waals surface area contributed by atoms with Crippen molar-refractivity contribution in [2.24, 2.45) is 0 Å². The van der Waals surface area contributed by atoms with Crippen LogP contribution in [0.5, 0.6) is 0 Å². The highest BCUT2D eigenvalue weighted by molar-refractivity contribution is 5.92. The third-order valence-electron chi connectivity index (χ3n) is 7.65. The van der Waals surface area contributed by atoms with E-state index in [9.17, 15) is 4.79 Å². The molecule has 1 unspecified atom stereocenters. The summed E-state index contributed by atoms with van der Waals surface area (Å²) in [4.78, 5) is 22.6. The molecule has 35 heavy (non-hydrogen) atoms. The lowest BCUT2D eigenvalue weighted by atomic mass is 9.89. The number of carbonyl (C=O) groups is 1. The van der Waals surface area contributed by atoms with E-state index in [4.69, 9.17) is 10.1 Å². The number of benzene rings is 2. The molecule has 1 saturated heterocycles. The second-order valence-corrected chi connectivity index (χ2v) is 10.0. The fourth-order valence-electron chi connectivity index (χ4n) is 5.80. The summed E-state index contributed by atoms with van der Waals surface area (Å²) in [7, 11) is 0. The Labute approximate surface area is 205 Å². The number of para-hydroxylation sites is 1. The van der Waals surface area contributed by atoms with Crippen LogP contribution >= 0.6 is 0 Å². The van der Waals surface area contributed by atoms with Gasteiger partial charge in [0.15, 0.2) is 5.65 Å². The minimum atomic E-state index is 0.0953. The van der Waals surface area contributed by atoms with Crippen molar-refractivity contribution in [2.75, 3.05) is 24.5 Å². The van der Waals surface area contributed by atoms with Crippen LogP contribution in [0.2, 0.25) is 0 Å². The molecule has 2 aromatic carbocycles. The highest BCUT2D eigenvalue weighted by atomic mass is 16.2. The Hall–Kier alpha value is -3.48. The monoisotopic (exact) mass is 468 g/mol. The summed E-state index contributed by atoms with van der Waals surface area (Å²) >= 11 is 0. The third kappa shape index (κ3) is 4.13. The van der Waals surface area contributed by atoms with Gasteiger partial charge in [-0.1, -0.05) is 61.7 Å². The first-order chi connectivity index (χ1) is 17.2. The molecule has 4 aromatic rings. The van der Waals surface area contributed by atoms with E-state index in [0.717, 1.165) is 59.8 Å². The molecule has 0 N–H and O–H groups in total. The molecule has 1 atom stereocenters. The fraction of sp³-hybridized carbons (Fsp3) is 0.429. The predicted molar refractivity (Wildman–Crippen MR) is 138 cm³/mol. The molecule has 7 heteroatoms. The Kier molecular flexibility index (Phi) is 5.84. The van der Waals surface area contributed by atoms with Crippen LogP contribution in [-0.4, -0.2) is 56.1 Å². The maximum Gasteiger partial charge on any atom is 0.227 e. The summed E-state index contributed by atoms with van der Waals surface area (Å²) in [6.07, 6.45) is 6.56. The van der Waals surface area contributed by atoms with E-state index in [-0.39, 0.29) is 11.9 Å². The van der Waals surface area contributed by atoms with E-state index >= 15 is 0 Å². The zero-order chi connectivity index (χ0) is 23.8. The zero-order valence-corrected chi connectivity index (χ0v) is 20.3. The minimum Gasteiger partial charge on any atom is -0.338 e. The van der Waals surface area contributed by atoms with E-state index in [1.807, 2.05) is 47.4 Å². The molecule has 6 rings (SSSR count). The first kappa shape index (κ1) is 22.0. The van der Waals surface area contributed by atoms with Gasteiger partial charge in [0.25, 0.3) is 0 Å². The average Bonchev–Trinajstić information content (AvgIpc) is 3.35. The van der Waals surface area contributed by atoms with Gasteiger partial charge < -0.3 is 9.80 Å². The molecule has 2 fully saturated rings. The van der Waals surface area contributed by atoms with Crippen LogP contribution in [-0.2, 0) is 11.2 Å². The summed E-state index contributed by atoms with van der Waals surface area (Å²) in [5.74, 6) is 2.56. The minimum absolute atomic E-state index is 0.0953. The Morgan fingerprint density at radius 3 is 2.51 bits per heavy atom. The van der Waals surface area contributed by atoms with Crippen LogP contribution in [0.1, 0.15) is 56.3 Å². The largest absolute Gasteiger partial charge is 0.338 e. The molecular weight excluding hydrogens is 436 g/mol. The van der Waals surface area contributed by atoms with Crippen LogP contribution in [0, 0.1) is 0 Å². The molecule has 1 saturated carbocycles. The molecule has 2 aromatic heterocycles. The van der Waals surface area contributed by atoms with Crippen LogP contribution < -0.4 is 4.90 Å². The van der Waals surface area contributed by atoms with E-state index in [1.54, 1.807) is 0 Å². The quantitative estimate of drug-likeness (QED) is 0.438. The van der Waals surface area contributed by atoms with Gasteiger partial charge in [0.1, 0.15) is 5.82 Å². The fourth-order valence-corrected chi connectivity index (χ4v) is 5.80. The molecule has 0 bridgehead atoms. The van der Waals surface area contributed by atoms with Crippen molar-refractivity contribution in [1.82, 2.24) is 24.5 Å².